The molecule has 1 aromatic rings. The van der Waals surface area contributed by atoms with Crippen molar-refractivity contribution in [1.29, 1.82) is 0 Å². The van der Waals surface area contributed by atoms with Gasteiger partial charge in [-0.15, -0.1) is 11.6 Å². The van der Waals surface area contributed by atoms with E-state index in [0.29, 0.717) is 5.11 Å². The minimum atomic E-state index is -3.05. The fourth-order valence-electron chi connectivity index (χ4n) is 2.92. The number of nitrogens with zero attached hydrogens (tertiary/aromatic N) is 1. The van der Waals surface area contributed by atoms with E-state index in [1.807, 2.05) is 23.1 Å². The van der Waals surface area contributed by atoms with Gasteiger partial charge in [0.15, 0.2) is 14.9 Å². The van der Waals surface area contributed by atoms with Crippen LogP contribution >= 0.6 is 23.8 Å². The molecule has 2 aliphatic rings. The van der Waals surface area contributed by atoms with Gasteiger partial charge in [0.05, 0.1) is 22.9 Å². The summed E-state index contributed by atoms with van der Waals surface area (Å²) >= 11 is 11.6. The fraction of sp³-hybridized carbons (Fsp3) is 0.500. The third-order valence-electron chi connectivity index (χ3n) is 3.95. The lowest BCUT2D eigenvalue weighted by Crippen LogP contribution is -2.49. The number of hydrogen-bond donors (Lipinski definition) is 1. The van der Waals surface area contributed by atoms with Crippen LogP contribution in [0.1, 0.15) is 12.0 Å². The van der Waals surface area contributed by atoms with Gasteiger partial charge in [-0.3, -0.25) is 0 Å². The first-order chi connectivity index (χ1) is 9.96. The highest BCUT2D eigenvalue weighted by atomic mass is 35.5. The zero-order valence-corrected chi connectivity index (χ0v) is 13.8. The van der Waals surface area contributed by atoms with Crippen molar-refractivity contribution in [3.63, 3.8) is 0 Å². The summed E-state index contributed by atoms with van der Waals surface area (Å²) in [6.07, 6.45) is 2.08. The van der Waals surface area contributed by atoms with Crippen molar-refractivity contribution in [3.05, 3.63) is 29.8 Å². The normalized spacial score (nSPS) is 27.2. The van der Waals surface area contributed by atoms with Crippen LogP contribution in [0.4, 0.5) is 5.69 Å². The zero-order chi connectivity index (χ0) is 15.0. The standard InChI is InChI=1S/C14H17ClN2O2S2/c15-11-8-21(18,19)9-12(11)16-14(20)17-7-3-5-10-4-1-2-6-13(10)17/h1-2,4,6,11-12H,3,5,7-9H2,(H,16,20). The van der Waals surface area contributed by atoms with E-state index in [2.05, 4.69) is 11.4 Å². The molecule has 1 saturated heterocycles. The van der Waals surface area contributed by atoms with E-state index in [0.717, 1.165) is 25.1 Å². The molecule has 2 atom stereocenters. The number of alkyl halides is 1. The Kier molecular flexibility index (Phi) is 4.12. The largest absolute Gasteiger partial charge is 0.357 e. The number of rotatable bonds is 1. The van der Waals surface area contributed by atoms with Crippen molar-refractivity contribution < 1.29 is 8.42 Å². The molecule has 1 N–H and O–H groups in total. The van der Waals surface area contributed by atoms with Gasteiger partial charge in [0.25, 0.3) is 0 Å². The number of benzene rings is 1. The summed E-state index contributed by atoms with van der Waals surface area (Å²) in [7, 11) is -3.05. The van der Waals surface area contributed by atoms with Crippen LogP contribution in [-0.2, 0) is 16.3 Å². The monoisotopic (exact) mass is 344 g/mol. The highest BCUT2D eigenvalue weighted by Crippen LogP contribution is 2.27. The van der Waals surface area contributed by atoms with E-state index in [1.165, 1.54) is 5.56 Å². The molecule has 0 spiro atoms. The molecule has 4 nitrogen and oxygen atoms in total. The highest BCUT2D eigenvalue weighted by Gasteiger charge is 2.37. The third kappa shape index (κ3) is 3.17. The predicted molar refractivity (Wildman–Crippen MR) is 89.9 cm³/mol. The second-order valence-electron chi connectivity index (χ2n) is 5.53. The first-order valence-corrected chi connectivity index (χ1v) is 9.63. The maximum Gasteiger partial charge on any atom is 0.173 e. The maximum absolute atomic E-state index is 11.6. The van der Waals surface area contributed by atoms with Crippen LogP contribution in [0.5, 0.6) is 0 Å². The minimum Gasteiger partial charge on any atom is -0.357 e. The van der Waals surface area contributed by atoms with E-state index in [4.69, 9.17) is 23.8 Å². The molecule has 0 amide bonds. The number of thiocarbonyl (C=S) groups is 1. The summed E-state index contributed by atoms with van der Waals surface area (Å²) < 4.78 is 23.3. The number of hydrogen-bond acceptors (Lipinski definition) is 3. The smallest absolute Gasteiger partial charge is 0.173 e. The van der Waals surface area contributed by atoms with Gasteiger partial charge in [0.2, 0.25) is 0 Å². The van der Waals surface area contributed by atoms with E-state index in [-0.39, 0.29) is 17.5 Å². The Bertz CT molecular complexity index is 663. The zero-order valence-electron chi connectivity index (χ0n) is 11.5. The number of anilines is 1. The number of halogens is 1. The molecule has 7 heteroatoms. The number of fused-ring (bicyclic) bond motifs is 1. The second kappa shape index (κ2) is 5.74. The molecule has 0 radical (unpaired) electrons. The molecule has 2 aliphatic heterocycles. The van der Waals surface area contributed by atoms with Crippen LogP contribution in [0, 0.1) is 0 Å². The molecule has 0 saturated carbocycles. The Morgan fingerprint density at radius 2 is 2.10 bits per heavy atom. The summed E-state index contributed by atoms with van der Waals surface area (Å²) in [6.45, 7) is 0.843. The molecule has 1 fully saturated rings. The van der Waals surface area contributed by atoms with Gasteiger partial charge in [-0.05, 0) is 36.7 Å². The van der Waals surface area contributed by atoms with Gasteiger partial charge in [-0.25, -0.2) is 8.42 Å². The van der Waals surface area contributed by atoms with Crippen molar-refractivity contribution in [3.8, 4) is 0 Å². The molecule has 2 unspecified atom stereocenters. The molecule has 1 aromatic carbocycles. The first-order valence-electron chi connectivity index (χ1n) is 6.97. The van der Waals surface area contributed by atoms with Crippen LogP contribution in [0.25, 0.3) is 0 Å². The van der Waals surface area contributed by atoms with Crippen LogP contribution in [0.2, 0.25) is 0 Å². The SMILES string of the molecule is O=S1(=O)CC(Cl)C(NC(=S)N2CCCc3ccccc32)C1. The predicted octanol–water partition coefficient (Wildman–Crippen LogP) is 1.72. The van der Waals surface area contributed by atoms with Crippen molar-refractivity contribution in [1.82, 2.24) is 5.32 Å². The summed E-state index contributed by atoms with van der Waals surface area (Å²) in [5, 5.41) is 3.28. The molecule has 2 heterocycles. The highest BCUT2D eigenvalue weighted by molar-refractivity contribution is 7.91. The summed E-state index contributed by atoms with van der Waals surface area (Å²) in [5.41, 5.74) is 2.38. The van der Waals surface area contributed by atoms with Gasteiger partial charge < -0.3 is 10.2 Å². The van der Waals surface area contributed by atoms with Crippen LogP contribution in [-0.4, -0.2) is 43.0 Å². The van der Waals surface area contributed by atoms with Gasteiger partial charge >= 0.3 is 0 Å². The number of nitrogens with one attached hydrogen (secondary N) is 1. The van der Waals surface area contributed by atoms with Crippen molar-refractivity contribution in [2.24, 2.45) is 0 Å². The van der Waals surface area contributed by atoms with Gasteiger partial charge in [-0.1, -0.05) is 18.2 Å². The molecule has 21 heavy (non-hydrogen) atoms. The van der Waals surface area contributed by atoms with Gasteiger partial charge in [0.1, 0.15) is 0 Å². The Morgan fingerprint density at radius 1 is 1.33 bits per heavy atom. The second-order valence-corrected chi connectivity index (χ2v) is 8.63. The molecular weight excluding hydrogens is 328 g/mol. The number of sulfone groups is 1. The molecule has 0 aliphatic carbocycles. The van der Waals surface area contributed by atoms with Crippen molar-refractivity contribution in [2.75, 3.05) is 23.0 Å². The topological polar surface area (TPSA) is 49.4 Å². The summed E-state index contributed by atoms with van der Waals surface area (Å²) in [5.74, 6) is 0.0716. The average Bonchev–Trinajstić information content (AvgIpc) is 2.70. The van der Waals surface area contributed by atoms with Crippen molar-refractivity contribution >= 4 is 44.5 Å². The van der Waals surface area contributed by atoms with Crippen molar-refractivity contribution in [2.45, 2.75) is 24.3 Å². The van der Waals surface area contributed by atoms with E-state index < -0.39 is 15.2 Å². The Labute approximate surface area is 135 Å². The Balaban J connectivity index is 1.75. The molecule has 114 valence electrons. The number of aryl methyl sites for hydroxylation is 1. The van der Waals surface area contributed by atoms with E-state index in [1.54, 1.807) is 0 Å². The minimum absolute atomic E-state index is 0.0193. The average molecular weight is 345 g/mol. The lowest BCUT2D eigenvalue weighted by molar-refractivity contribution is 0.600. The molecule has 0 bridgehead atoms. The molecule has 3 rings (SSSR count). The van der Waals surface area contributed by atoms with Crippen LogP contribution < -0.4 is 10.2 Å². The fourth-order valence-corrected chi connectivity index (χ4v) is 5.81. The molecular formula is C14H17ClN2O2S2. The maximum atomic E-state index is 11.6. The van der Waals surface area contributed by atoms with Crippen LogP contribution in [0.3, 0.4) is 0 Å². The van der Waals surface area contributed by atoms with E-state index >= 15 is 0 Å². The van der Waals surface area contributed by atoms with E-state index in [9.17, 15) is 8.42 Å². The molecule has 0 aromatic heterocycles. The Hall–Kier alpha value is -0.850. The Morgan fingerprint density at radius 3 is 2.81 bits per heavy atom. The quantitative estimate of drug-likeness (QED) is 0.621. The van der Waals surface area contributed by atoms with Gasteiger partial charge in [-0.2, -0.15) is 0 Å². The van der Waals surface area contributed by atoms with Crippen LogP contribution in [0.15, 0.2) is 24.3 Å². The first kappa shape index (κ1) is 15.1. The number of para-hydroxylation sites is 1. The summed E-state index contributed by atoms with van der Waals surface area (Å²) in [4.78, 5) is 2.04. The third-order valence-corrected chi connectivity index (χ3v) is 6.66. The summed E-state index contributed by atoms with van der Waals surface area (Å²) in [6, 6.07) is 7.86. The lowest BCUT2D eigenvalue weighted by atomic mass is 10.0. The van der Waals surface area contributed by atoms with Gasteiger partial charge in [0, 0.05) is 12.2 Å². The lowest BCUT2D eigenvalue weighted by Gasteiger charge is -2.33.